The minimum absolute atomic E-state index is 0.0210. The van der Waals surface area contributed by atoms with E-state index in [1.54, 1.807) is 12.1 Å². The fraction of sp³-hybridized carbons (Fsp3) is 0.474. The van der Waals surface area contributed by atoms with Crippen LogP contribution in [0.15, 0.2) is 18.2 Å². The van der Waals surface area contributed by atoms with Crippen molar-refractivity contribution in [1.82, 2.24) is 15.5 Å². The van der Waals surface area contributed by atoms with E-state index in [1.165, 1.54) is 32.9 Å². The van der Waals surface area contributed by atoms with Crippen LogP contribution in [0.25, 0.3) is 0 Å². The van der Waals surface area contributed by atoms with Gasteiger partial charge >= 0.3 is 11.9 Å². The van der Waals surface area contributed by atoms with E-state index in [9.17, 15) is 24.9 Å². The molecule has 2 fully saturated rings. The molecule has 14 nitrogen and oxygen atoms in total. The second-order valence-electron chi connectivity index (χ2n) is 14.5. The molecule has 2 saturated heterocycles. The van der Waals surface area contributed by atoms with Crippen LogP contribution in [-0.2, 0) is 32.7 Å². The number of nitrogens with zero attached hydrogens (tertiary/aromatic N) is 1. The van der Waals surface area contributed by atoms with Crippen LogP contribution in [0, 0.1) is 13.8 Å². The number of fused-ring (bicyclic) bond motifs is 9. The number of methoxy groups -OCH3 is 2. The van der Waals surface area contributed by atoms with Gasteiger partial charge in [-0.05, 0) is 61.1 Å². The Bertz CT molecular complexity index is 2090. The molecule has 0 aromatic heterocycles. The lowest BCUT2D eigenvalue weighted by Gasteiger charge is -2.59. The van der Waals surface area contributed by atoms with Gasteiger partial charge in [0.1, 0.15) is 18.6 Å². The zero-order valence-electron chi connectivity index (χ0n) is 29.9. The summed E-state index contributed by atoms with van der Waals surface area (Å²) in [6.07, 6.45) is -0.0673. The summed E-state index contributed by atoms with van der Waals surface area (Å²) in [5.74, 6) is 0.890. The number of aromatic hydroxyl groups is 2. The number of aliphatic hydroxyl groups excluding tert-OH is 1. The number of hydrogen-bond acceptors (Lipinski definition) is 15. The number of aryl methyl sites for hydroxylation is 1. The summed E-state index contributed by atoms with van der Waals surface area (Å²) in [6, 6.07) is 2.99. The van der Waals surface area contributed by atoms with E-state index < -0.39 is 53.1 Å². The van der Waals surface area contributed by atoms with Crippen molar-refractivity contribution in [2.24, 2.45) is 0 Å². The Hall–Kier alpha value is -4.41. The SMILES string of the molecule is COc1cc2c(cc1O)CCNC21CS[C@@H]2c3c(OC(C)=O)c(C)c4c(c3[C@H](COC1=O)N1C(O)C3Cc5cc(C)c(OC)c(O)c5C(N3)[C@H]21)OCO4. The minimum Gasteiger partial charge on any atom is -0.504 e. The number of ether oxygens (including phenoxy) is 6. The van der Waals surface area contributed by atoms with Crippen LogP contribution >= 0.6 is 11.8 Å². The lowest BCUT2D eigenvalue weighted by Crippen LogP contribution is -2.69. The molecule has 10 rings (SSSR count). The van der Waals surface area contributed by atoms with Crippen LogP contribution in [0.3, 0.4) is 0 Å². The van der Waals surface area contributed by atoms with Gasteiger partial charge in [-0.25, -0.2) is 4.79 Å². The molecule has 7 atom stereocenters. The monoisotopic (exact) mass is 747 g/mol. The lowest BCUT2D eigenvalue weighted by atomic mass is 9.74. The van der Waals surface area contributed by atoms with E-state index in [-0.39, 0.29) is 36.4 Å². The molecule has 15 heteroatoms. The van der Waals surface area contributed by atoms with Crippen molar-refractivity contribution in [3.8, 4) is 40.2 Å². The molecule has 7 heterocycles. The highest BCUT2D eigenvalue weighted by Gasteiger charge is 2.60. The molecule has 280 valence electrons. The molecule has 0 amide bonds. The number of hydrogen-bond donors (Lipinski definition) is 5. The molecular formula is C38H41N3O11S. The topological polar surface area (TPSA) is 178 Å². The highest BCUT2D eigenvalue weighted by molar-refractivity contribution is 7.99. The summed E-state index contributed by atoms with van der Waals surface area (Å²) in [6.45, 7) is 5.23. The highest BCUT2D eigenvalue weighted by Crippen LogP contribution is 2.63. The maximum absolute atomic E-state index is 14.6. The number of esters is 2. The van der Waals surface area contributed by atoms with Crippen LogP contribution in [0.5, 0.6) is 40.2 Å². The van der Waals surface area contributed by atoms with Gasteiger partial charge in [0, 0.05) is 47.5 Å². The smallest absolute Gasteiger partial charge is 0.331 e. The first-order chi connectivity index (χ1) is 25.5. The Morgan fingerprint density at radius 3 is 2.57 bits per heavy atom. The molecule has 7 aliphatic rings. The first-order valence-electron chi connectivity index (χ1n) is 17.7. The number of thioether (sulfide) groups is 1. The zero-order valence-corrected chi connectivity index (χ0v) is 30.7. The van der Waals surface area contributed by atoms with Crippen molar-refractivity contribution in [3.05, 3.63) is 62.7 Å². The number of phenolic OH excluding ortho intramolecular Hbond substituents is 2. The van der Waals surface area contributed by atoms with E-state index in [2.05, 4.69) is 10.6 Å². The summed E-state index contributed by atoms with van der Waals surface area (Å²) in [7, 11) is 2.98. The predicted octanol–water partition coefficient (Wildman–Crippen LogP) is 3.07. The van der Waals surface area contributed by atoms with Crippen molar-refractivity contribution >= 4 is 23.7 Å². The lowest BCUT2D eigenvalue weighted by molar-refractivity contribution is -0.164. The van der Waals surface area contributed by atoms with E-state index in [4.69, 9.17) is 28.4 Å². The fourth-order valence-corrected chi connectivity index (χ4v) is 11.3. The van der Waals surface area contributed by atoms with Crippen LogP contribution in [-0.4, -0.2) is 90.4 Å². The molecule has 0 aliphatic carbocycles. The van der Waals surface area contributed by atoms with Crippen LogP contribution in [0.1, 0.15) is 68.8 Å². The zero-order chi connectivity index (χ0) is 37.1. The molecule has 0 saturated carbocycles. The Labute approximate surface area is 309 Å². The first-order valence-corrected chi connectivity index (χ1v) is 18.7. The number of nitrogens with one attached hydrogen (secondary N) is 2. The summed E-state index contributed by atoms with van der Waals surface area (Å²) in [5, 5.41) is 41.5. The van der Waals surface area contributed by atoms with Gasteiger partial charge in [-0.3, -0.25) is 15.0 Å². The predicted molar refractivity (Wildman–Crippen MR) is 190 cm³/mol. The van der Waals surface area contributed by atoms with Crippen molar-refractivity contribution in [1.29, 1.82) is 0 Å². The minimum atomic E-state index is -1.36. The summed E-state index contributed by atoms with van der Waals surface area (Å²) >= 11 is 1.45. The quantitative estimate of drug-likeness (QED) is 0.195. The Balaban J connectivity index is 1.31. The molecule has 0 radical (unpaired) electrons. The van der Waals surface area contributed by atoms with Gasteiger partial charge in [0.15, 0.2) is 40.0 Å². The largest absolute Gasteiger partial charge is 0.504 e. The average Bonchev–Trinajstić information content (AvgIpc) is 3.63. The van der Waals surface area contributed by atoms with Gasteiger partial charge in [-0.15, -0.1) is 11.8 Å². The van der Waals surface area contributed by atoms with Gasteiger partial charge in [0.05, 0.1) is 37.6 Å². The Kier molecular flexibility index (Phi) is 7.98. The third kappa shape index (κ3) is 4.80. The van der Waals surface area contributed by atoms with E-state index >= 15 is 0 Å². The van der Waals surface area contributed by atoms with E-state index in [0.29, 0.717) is 70.2 Å². The molecule has 53 heavy (non-hydrogen) atoms. The second kappa shape index (κ2) is 12.3. The molecule has 3 aromatic carbocycles. The summed E-state index contributed by atoms with van der Waals surface area (Å²) < 4.78 is 35.8. The number of benzene rings is 3. The van der Waals surface area contributed by atoms with Crippen LogP contribution in [0.4, 0.5) is 0 Å². The van der Waals surface area contributed by atoms with Crippen molar-refractivity contribution in [2.45, 2.75) is 74.8 Å². The molecule has 5 N–H and O–H groups in total. The van der Waals surface area contributed by atoms with Gasteiger partial charge < -0.3 is 49.1 Å². The van der Waals surface area contributed by atoms with Crippen molar-refractivity contribution in [2.75, 3.05) is 39.9 Å². The number of carbonyl (C=O) groups is 2. The van der Waals surface area contributed by atoms with E-state index in [1.807, 2.05) is 24.8 Å². The average molecular weight is 748 g/mol. The van der Waals surface area contributed by atoms with Crippen molar-refractivity contribution < 1.29 is 53.3 Å². The number of phenols is 2. The van der Waals surface area contributed by atoms with Gasteiger partial charge in [0.2, 0.25) is 6.79 Å². The highest BCUT2D eigenvalue weighted by atomic mass is 32.2. The number of carbonyl (C=O) groups excluding carboxylic acids is 2. The number of piperazine rings is 1. The normalized spacial score (nSPS) is 29.4. The molecule has 4 unspecified atom stereocenters. The molecular weight excluding hydrogens is 706 g/mol. The maximum Gasteiger partial charge on any atom is 0.331 e. The van der Waals surface area contributed by atoms with Crippen LogP contribution < -0.4 is 34.3 Å². The van der Waals surface area contributed by atoms with Crippen LogP contribution in [0.2, 0.25) is 0 Å². The standard InChI is InChI=1S/C38H41N3O11S/c1-15-8-19-9-21-36(45)41-22-12-49-37(46)38(20-11-24(47-4)23(43)10-18(20)6-7-39-38)13-53-35(29(41)28(40-21)25(19)30(44)31(15)48-5)27-26(22)34-33(50-14-51-34)16(2)32(27)52-17(3)42/h8,10-11,21-22,28-29,35-36,39-40,43-45H,6-7,9,12-14H2,1-5H3/t21?,22-,28?,29+,35+,36?,38?/m0/s1. The second-order valence-corrected chi connectivity index (χ2v) is 15.6. The fourth-order valence-electron chi connectivity index (χ4n) is 9.60. The number of aliphatic hydroxyl groups is 1. The summed E-state index contributed by atoms with van der Waals surface area (Å²) in [4.78, 5) is 29.4. The Morgan fingerprint density at radius 1 is 1.02 bits per heavy atom. The van der Waals surface area contributed by atoms with Gasteiger partial charge in [-0.2, -0.15) is 0 Å². The molecule has 7 aliphatic heterocycles. The molecule has 1 spiro atoms. The first kappa shape index (κ1) is 34.4. The van der Waals surface area contributed by atoms with E-state index in [0.717, 1.165) is 16.7 Å². The number of rotatable bonds is 3. The molecule has 4 bridgehead atoms. The summed E-state index contributed by atoms with van der Waals surface area (Å²) in [5.41, 5.74) is 4.27. The maximum atomic E-state index is 14.6. The molecule has 3 aromatic rings. The van der Waals surface area contributed by atoms with Crippen molar-refractivity contribution in [3.63, 3.8) is 0 Å². The van der Waals surface area contributed by atoms with Gasteiger partial charge in [0.25, 0.3) is 0 Å². The third-order valence-corrected chi connectivity index (χ3v) is 13.2. The third-order valence-electron chi connectivity index (χ3n) is 11.8. The Morgan fingerprint density at radius 2 is 1.81 bits per heavy atom. The van der Waals surface area contributed by atoms with Gasteiger partial charge in [-0.1, -0.05) is 6.07 Å².